The van der Waals surface area contributed by atoms with E-state index >= 15 is 0 Å². The lowest BCUT2D eigenvalue weighted by Gasteiger charge is -2.24. The number of hydrogen-bond acceptors (Lipinski definition) is 4. The predicted molar refractivity (Wildman–Crippen MR) is 55.0 cm³/mol. The third-order valence-electron chi connectivity index (χ3n) is 2.30. The zero-order chi connectivity index (χ0) is 10.1. The summed E-state index contributed by atoms with van der Waals surface area (Å²) >= 11 is 1.72. The summed E-state index contributed by atoms with van der Waals surface area (Å²) in [5.74, 6) is -0.255. The Morgan fingerprint density at radius 1 is 1.71 bits per heavy atom. The number of fused-ring (bicyclic) bond motifs is 1. The van der Waals surface area contributed by atoms with Crippen LogP contribution in [0.25, 0.3) is 0 Å². The maximum absolute atomic E-state index is 10.8. The molecule has 1 amide bonds. The summed E-state index contributed by atoms with van der Waals surface area (Å²) in [5, 5.41) is 1.11. The second-order valence-electron chi connectivity index (χ2n) is 3.53. The van der Waals surface area contributed by atoms with Gasteiger partial charge in [-0.1, -0.05) is 0 Å². The number of aryl methyl sites for hydroxylation is 1. The van der Waals surface area contributed by atoms with Crippen molar-refractivity contribution in [3.05, 3.63) is 15.6 Å². The van der Waals surface area contributed by atoms with Crippen molar-refractivity contribution in [2.24, 2.45) is 5.73 Å². The largest absolute Gasteiger partial charge is 0.369 e. The van der Waals surface area contributed by atoms with Gasteiger partial charge < -0.3 is 5.73 Å². The zero-order valence-electron chi connectivity index (χ0n) is 8.12. The van der Waals surface area contributed by atoms with E-state index in [4.69, 9.17) is 5.73 Å². The first-order chi connectivity index (χ1) is 6.65. The lowest BCUT2D eigenvalue weighted by Crippen LogP contribution is -2.37. The SMILES string of the molecule is Cc1nc2c(s1)CN(CC(N)=O)CC2. The third-order valence-corrected chi connectivity index (χ3v) is 3.29. The van der Waals surface area contributed by atoms with Gasteiger partial charge in [0.15, 0.2) is 0 Å². The molecule has 1 aliphatic heterocycles. The van der Waals surface area contributed by atoms with Crippen LogP contribution in [-0.4, -0.2) is 28.9 Å². The summed E-state index contributed by atoms with van der Waals surface area (Å²) in [6.07, 6.45) is 0.937. The fourth-order valence-electron chi connectivity index (χ4n) is 1.73. The third kappa shape index (κ3) is 1.93. The van der Waals surface area contributed by atoms with Crippen LogP contribution in [0.1, 0.15) is 15.6 Å². The molecule has 5 heteroatoms. The molecule has 2 N–H and O–H groups in total. The summed E-state index contributed by atoms with van der Waals surface area (Å²) in [6, 6.07) is 0. The molecule has 0 fully saturated rings. The van der Waals surface area contributed by atoms with E-state index in [1.807, 2.05) is 6.92 Å². The summed E-state index contributed by atoms with van der Waals surface area (Å²) in [5.41, 5.74) is 6.36. The molecule has 0 spiro atoms. The maximum Gasteiger partial charge on any atom is 0.231 e. The van der Waals surface area contributed by atoms with Crippen molar-refractivity contribution in [3.8, 4) is 0 Å². The van der Waals surface area contributed by atoms with E-state index in [-0.39, 0.29) is 5.91 Å². The Bertz CT molecular complexity index is 361. The van der Waals surface area contributed by atoms with Crippen molar-refractivity contribution in [2.45, 2.75) is 19.9 Å². The number of aromatic nitrogens is 1. The van der Waals surface area contributed by atoms with Crippen molar-refractivity contribution in [3.63, 3.8) is 0 Å². The smallest absolute Gasteiger partial charge is 0.231 e. The van der Waals surface area contributed by atoms with Crippen LogP contribution >= 0.6 is 11.3 Å². The molecule has 2 heterocycles. The molecule has 0 aliphatic carbocycles. The van der Waals surface area contributed by atoms with Crippen LogP contribution in [0.3, 0.4) is 0 Å². The Kier molecular flexibility index (Phi) is 2.52. The first-order valence-electron chi connectivity index (χ1n) is 4.61. The molecule has 1 aromatic heterocycles. The molecule has 0 atom stereocenters. The lowest BCUT2D eigenvalue weighted by molar-refractivity contribution is -0.119. The molecular weight excluding hydrogens is 198 g/mol. The average molecular weight is 211 g/mol. The van der Waals surface area contributed by atoms with Gasteiger partial charge in [0.2, 0.25) is 5.91 Å². The number of rotatable bonds is 2. The zero-order valence-corrected chi connectivity index (χ0v) is 8.93. The topological polar surface area (TPSA) is 59.2 Å². The second-order valence-corrected chi connectivity index (χ2v) is 4.82. The Morgan fingerprint density at radius 3 is 3.21 bits per heavy atom. The van der Waals surface area contributed by atoms with E-state index in [2.05, 4.69) is 9.88 Å². The lowest BCUT2D eigenvalue weighted by atomic mass is 10.2. The minimum absolute atomic E-state index is 0.255. The highest BCUT2D eigenvalue weighted by Crippen LogP contribution is 2.24. The fourth-order valence-corrected chi connectivity index (χ4v) is 2.76. The molecule has 4 nitrogen and oxygen atoms in total. The fraction of sp³-hybridized carbons (Fsp3) is 0.556. The van der Waals surface area contributed by atoms with E-state index in [0.717, 1.165) is 24.5 Å². The molecular formula is C9H13N3OS. The van der Waals surface area contributed by atoms with E-state index in [1.54, 1.807) is 11.3 Å². The number of nitrogens with zero attached hydrogens (tertiary/aromatic N) is 2. The predicted octanol–water partition coefficient (Wildman–Crippen LogP) is 0.295. The molecule has 0 saturated heterocycles. The minimum Gasteiger partial charge on any atom is -0.369 e. The Morgan fingerprint density at radius 2 is 2.50 bits per heavy atom. The first-order valence-corrected chi connectivity index (χ1v) is 5.42. The van der Waals surface area contributed by atoms with Gasteiger partial charge in [-0.05, 0) is 6.92 Å². The molecule has 0 unspecified atom stereocenters. The number of nitrogens with two attached hydrogens (primary N) is 1. The van der Waals surface area contributed by atoms with Gasteiger partial charge in [-0.25, -0.2) is 4.98 Å². The van der Waals surface area contributed by atoms with Crippen molar-refractivity contribution in [1.82, 2.24) is 9.88 Å². The molecule has 0 radical (unpaired) electrons. The second kappa shape index (κ2) is 3.67. The van der Waals surface area contributed by atoms with Gasteiger partial charge >= 0.3 is 0 Å². The van der Waals surface area contributed by atoms with Gasteiger partial charge in [0, 0.05) is 24.4 Å². The van der Waals surface area contributed by atoms with Crippen LogP contribution in [0.5, 0.6) is 0 Å². The number of amides is 1. The highest BCUT2D eigenvalue weighted by molar-refractivity contribution is 7.11. The molecule has 76 valence electrons. The molecule has 1 aliphatic rings. The molecule has 2 rings (SSSR count). The van der Waals surface area contributed by atoms with E-state index in [0.29, 0.717) is 6.54 Å². The van der Waals surface area contributed by atoms with Gasteiger partial charge in [0.05, 0.1) is 17.2 Å². The molecule has 0 aromatic carbocycles. The van der Waals surface area contributed by atoms with Crippen molar-refractivity contribution < 1.29 is 4.79 Å². The number of carbonyl (C=O) groups is 1. The van der Waals surface area contributed by atoms with Gasteiger partial charge in [0.1, 0.15) is 0 Å². The highest BCUT2D eigenvalue weighted by Gasteiger charge is 2.20. The van der Waals surface area contributed by atoms with Crippen LogP contribution in [0.4, 0.5) is 0 Å². The normalized spacial score (nSPS) is 16.6. The minimum atomic E-state index is -0.255. The molecule has 14 heavy (non-hydrogen) atoms. The van der Waals surface area contributed by atoms with Crippen LogP contribution in [0, 0.1) is 6.92 Å². The van der Waals surface area contributed by atoms with Crippen molar-refractivity contribution >= 4 is 17.2 Å². The summed E-state index contributed by atoms with van der Waals surface area (Å²) in [6.45, 7) is 4.08. The number of primary amides is 1. The van der Waals surface area contributed by atoms with Crippen LogP contribution < -0.4 is 5.73 Å². The number of thiazole rings is 1. The summed E-state index contributed by atoms with van der Waals surface area (Å²) in [7, 11) is 0. The molecule has 1 aromatic rings. The molecule has 0 bridgehead atoms. The summed E-state index contributed by atoms with van der Waals surface area (Å²) in [4.78, 5) is 18.6. The monoisotopic (exact) mass is 211 g/mol. The summed E-state index contributed by atoms with van der Waals surface area (Å²) < 4.78 is 0. The Hall–Kier alpha value is -0.940. The Labute approximate surface area is 86.7 Å². The van der Waals surface area contributed by atoms with Crippen molar-refractivity contribution in [2.75, 3.05) is 13.1 Å². The van der Waals surface area contributed by atoms with Gasteiger partial charge in [0.25, 0.3) is 0 Å². The molecule has 0 saturated carbocycles. The van der Waals surface area contributed by atoms with E-state index in [9.17, 15) is 4.79 Å². The van der Waals surface area contributed by atoms with Crippen LogP contribution in [-0.2, 0) is 17.8 Å². The van der Waals surface area contributed by atoms with Gasteiger partial charge in [-0.3, -0.25) is 9.69 Å². The number of carbonyl (C=O) groups excluding carboxylic acids is 1. The quantitative estimate of drug-likeness (QED) is 0.765. The van der Waals surface area contributed by atoms with Crippen LogP contribution in [0.15, 0.2) is 0 Å². The number of hydrogen-bond donors (Lipinski definition) is 1. The van der Waals surface area contributed by atoms with Crippen LogP contribution in [0.2, 0.25) is 0 Å². The van der Waals surface area contributed by atoms with Crippen molar-refractivity contribution in [1.29, 1.82) is 0 Å². The Balaban J connectivity index is 2.09. The first kappa shape index (κ1) is 9.61. The van der Waals surface area contributed by atoms with E-state index < -0.39 is 0 Å². The standard InChI is InChI=1S/C9H13N3OS/c1-6-11-7-2-3-12(5-9(10)13)4-8(7)14-6/h2-5H2,1H3,(H2,10,13). The average Bonchev–Trinajstić information content (AvgIpc) is 2.42. The van der Waals surface area contributed by atoms with Gasteiger partial charge in [-0.2, -0.15) is 0 Å². The van der Waals surface area contributed by atoms with E-state index in [1.165, 1.54) is 10.6 Å². The highest BCUT2D eigenvalue weighted by atomic mass is 32.1. The van der Waals surface area contributed by atoms with Gasteiger partial charge in [-0.15, -0.1) is 11.3 Å². The maximum atomic E-state index is 10.8.